The monoisotopic (exact) mass is 265 g/mol. The fourth-order valence-electron chi connectivity index (χ4n) is 2.74. The van der Waals surface area contributed by atoms with Crippen LogP contribution in [0.5, 0.6) is 0 Å². The highest BCUT2D eigenvalue weighted by atomic mass is 16.4. The molecule has 1 saturated heterocycles. The minimum atomic E-state index is -0.670. The number of aromatic nitrogens is 2. The molecule has 0 aromatic carbocycles. The van der Waals surface area contributed by atoms with Gasteiger partial charge in [0.2, 0.25) is 0 Å². The Labute approximate surface area is 114 Å². The Kier molecular flexibility index (Phi) is 4.58. The van der Waals surface area contributed by atoms with E-state index in [1.807, 2.05) is 12.5 Å². The molecule has 5 nitrogen and oxygen atoms in total. The second kappa shape index (κ2) is 6.19. The Morgan fingerprint density at radius 1 is 1.47 bits per heavy atom. The molecule has 0 radical (unpaired) electrons. The first kappa shape index (κ1) is 14.1. The Morgan fingerprint density at radius 2 is 2.16 bits per heavy atom. The van der Waals surface area contributed by atoms with Crippen LogP contribution in [0.25, 0.3) is 0 Å². The molecule has 0 unspecified atom stereocenters. The van der Waals surface area contributed by atoms with E-state index in [1.165, 1.54) is 5.69 Å². The third-order valence-corrected chi connectivity index (χ3v) is 3.86. The fraction of sp³-hybridized carbons (Fsp3) is 0.714. The van der Waals surface area contributed by atoms with Crippen LogP contribution in [-0.4, -0.2) is 38.6 Å². The van der Waals surface area contributed by atoms with Crippen molar-refractivity contribution in [3.05, 3.63) is 18.2 Å². The molecule has 0 atom stereocenters. The Bertz CT molecular complexity index is 420. The zero-order valence-electron chi connectivity index (χ0n) is 11.7. The smallest absolute Gasteiger partial charge is 0.303 e. The highest BCUT2D eigenvalue weighted by Gasteiger charge is 2.22. The molecule has 19 heavy (non-hydrogen) atoms. The first-order valence-corrected chi connectivity index (χ1v) is 7.01. The zero-order valence-corrected chi connectivity index (χ0v) is 11.7. The van der Waals surface area contributed by atoms with Gasteiger partial charge >= 0.3 is 5.97 Å². The Balaban J connectivity index is 1.85. The lowest BCUT2D eigenvalue weighted by molar-refractivity contribution is -0.138. The van der Waals surface area contributed by atoms with Crippen LogP contribution in [0.4, 0.5) is 0 Å². The summed E-state index contributed by atoms with van der Waals surface area (Å²) in [4.78, 5) is 17.3. The van der Waals surface area contributed by atoms with Crippen LogP contribution < -0.4 is 0 Å². The maximum atomic E-state index is 10.7. The van der Waals surface area contributed by atoms with Crippen molar-refractivity contribution >= 4 is 5.97 Å². The van der Waals surface area contributed by atoms with Crippen molar-refractivity contribution in [2.45, 2.75) is 45.7 Å². The van der Waals surface area contributed by atoms with Gasteiger partial charge in [0.1, 0.15) is 0 Å². The topological polar surface area (TPSA) is 58.4 Å². The summed E-state index contributed by atoms with van der Waals surface area (Å²) in [6.07, 6.45) is 6.11. The number of carboxylic acid groups (broad SMARTS) is 1. The summed E-state index contributed by atoms with van der Waals surface area (Å²) in [5, 5.41) is 8.81. The molecule has 106 valence electrons. The highest BCUT2D eigenvalue weighted by Crippen LogP contribution is 2.22. The van der Waals surface area contributed by atoms with Crippen LogP contribution in [0.2, 0.25) is 0 Å². The third kappa shape index (κ3) is 3.80. The molecule has 0 aliphatic carbocycles. The number of carbonyl (C=O) groups is 1. The minimum absolute atomic E-state index is 0.317. The van der Waals surface area contributed by atoms with E-state index in [0.717, 1.165) is 32.5 Å². The summed E-state index contributed by atoms with van der Waals surface area (Å²) in [6, 6.07) is 0.432. The second-order valence-electron chi connectivity index (χ2n) is 5.70. The molecule has 2 heterocycles. The van der Waals surface area contributed by atoms with Crippen LogP contribution in [0, 0.1) is 5.92 Å². The van der Waals surface area contributed by atoms with Gasteiger partial charge in [-0.15, -0.1) is 0 Å². The van der Waals surface area contributed by atoms with Gasteiger partial charge < -0.3 is 9.67 Å². The van der Waals surface area contributed by atoms with Crippen molar-refractivity contribution in [3.8, 4) is 0 Å². The average Bonchev–Trinajstić information content (AvgIpc) is 2.79. The molecule has 0 saturated carbocycles. The second-order valence-corrected chi connectivity index (χ2v) is 5.70. The Hall–Kier alpha value is -1.36. The van der Waals surface area contributed by atoms with Crippen LogP contribution in [0.15, 0.2) is 12.5 Å². The SMILES string of the molecule is CC(C)n1cncc1CN1CCC(CC(=O)O)CC1. The number of piperidine rings is 1. The van der Waals surface area contributed by atoms with Crippen LogP contribution >= 0.6 is 0 Å². The summed E-state index contributed by atoms with van der Waals surface area (Å²) < 4.78 is 2.20. The predicted octanol–water partition coefficient (Wildman–Crippen LogP) is 2.15. The molecule has 0 amide bonds. The zero-order chi connectivity index (χ0) is 13.8. The molecule has 0 spiro atoms. The van der Waals surface area contributed by atoms with E-state index >= 15 is 0 Å². The number of likely N-dealkylation sites (tertiary alicyclic amines) is 1. The summed E-state index contributed by atoms with van der Waals surface area (Å²) in [7, 11) is 0. The molecule has 1 fully saturated rings. The van der Waals surface area contributed by atoms with Gasteiger partial charge in [0.05, 0.1) is 12.0 Å². The predicted molar refractivity (Wildman–Crippen MR) is 72.9 cm³/mol. The molecule has 5 heteroatoms. The first-order valence-electron chi connectivity index (χ1n) is 7.01. The van der Waals surface area contributed by atoms with Gasteiger partial charge in [-0.1, -0.05) is 0 Å². The van der Waals surface area contributed by atoms with Gasteiger partial charge in [0.15, 0.2) is 0 Å². The van der Waals surface area contributed by atoms with Crippen molar-refractivity contribution < 1.29 is 9.90 Å². The van der Waals surface area contributed by atoms with E-state index in [4.69, 9.17) is 5.11 Å². The molecule has 1 aromatic heterocycles. The number of carboxylic acids is 1. The van der Waals surface area contributed by atoms with Gasteiger partial charge in [-0.2, -0.15) is 0 Å². The van der Waals surface area contributed by atoms with E-state index < -0.39 is 5.97 Å². The van der Waals surface area contributed by atoms with E-state index in [2.05, 4.69) is 28.3 Å². The number of rotatable bonds is 5. The minimum Gasteiger partial charge on any atom is -0.481 e. The lowest BCUT2D eigenvalue weighted by atomic mass is 9.93. The number of imidazole rings is 1. The van der Waals surface area contributed by atoms with Crippen LogP contribution in [0.3, 0.4) is 0 Å². The van der Waals surface area contributed by atoms with Crippen molar-refractivity contribution in [3.63, 3.8) is 0 Å². The third-order valence-electron chi connectivity index (χ3n) is 3.86. The summed E-state index contributed by atoms with van der Waals surface area (Å²) in [6.45, 7) is 7.20. The lowest BCUT2D eigenvalue weighted by Gasteiger charge is -2.31. The van der Waals surface area contributed by atoms with Crippen LogP contribution in [0.1, 0.15) is 44.8 Å². The fourth-order valence-corrected chi connectivity index (χ4v) is 2.74. The lowest BCUT2D eigenvalue weighted by Crippen LogP contribution is -2.34. The summed E-state index contributed by atoms with van der Waals surface area (Å²) in [5.74, 6) is -0.319. The molecule has 1 aromatic rings. The van der Waals surface area contributed by atoms with Gasteiger partial charge in [-0.25, -0.2) is 4.98 Å². The van der Waals surface area contributed by atoms with E-state index in [-0.39, 0.29) is 0 Å². The average molecular weight is 265 g/mol. The van der Waals surface area contributed by atoms with Gasteiger partial charge in [0.25, 0.3) is 0 Å². The van der Waals surface area contributed by atoms with Crippen molar-refractivity contribution in [1.29, 1.82) is 0 Å². The molecule has 1 N–H and O–H groups in total. The van der Waals surface area contributed by atoms with Crippen molar-refractivity contribution in [2.75, 3.05) is 13.1 Å². The van der Waals surface area contributed by atoms with E-state index in [9.17, 15) is 4.79 Å². The molecule has 2 rings (SSSR count). The summed E-state index contributed by atoms with van der Waals surface area (Å²) in [5.41, 5.74) is 1.24. The van der Waals surface area contributed by atoms with Crippen molar-refractivity contribution in [2.24, 2.45) is 5.92 Å². The largest absolute Gasteiger partial charge is 0.481 e. The molecule has 1 aliphatic heterocycles. The number of hydrogen-bond donors (Lipinski definition) is 1. The summed E-state index contributed by atoms with van der Waals surface area (Å²) >= 11 is 0. The molecular formula is C14H23N3O2. The maximum Gasteiger partial charge on any atom is 0.303 e. The number of hydrogen-bond acceptors (Lipinski definition) is 3. The molecular weight excluding hydrogens is 242 g/mol. The maximum absolute atomic E-state index is 10.7. The van der Waals surface area contributed by atoms with E-state index in [1.54, 1.807) is 0 Å². The van der Waals surface area contributed by atoms with E-state index in [0.29, 0.717) is 18.4 Å². The number of aliphatic carboxylic acids is 1. The highest BCUT2D eigenvalue weighted by molar-refractivity contribution is 5.67. The Morgan fingerprint density at radius 3 is 2.74 bits per heavy atom. The molecule has 0 bridgehead atoms. The van der Waals surface area contributed by atoms with Crippen LogP contribution in [-0.2, 0) is 11.3 Å². The van der Waals surface area contributed by atoms with Gasteiger partial charge in [-0.05, 0) is 45.7 Å². The van der Waals surface area contributed by atoms with Gasteiger partial charge in [0, 0.05) is 25.2 Å². The number of nitrogens with zero attached hydrogens (tertiary/aromatic N) is 3. The normalized spacial score (nSPS) is 18.1. The standard InChI is InChI=1S/C14H23N3O2/c1-11(2)17-10-15-8-13(17)9-16-5-3-12(4-6-16)7-14(18)19/h8,10-12H,3-7,9H2,1-2H3,(H,18,19). The quantitative estimate of drug-likeness (QED) is 0.886. The van der Waals surface area contributed by atoms with Crippen molar-refractivity contribution in [1.82, 2.24) is 14.5 Å². The van der Waals surface area contributed by atoms with Gasteiger partial charge in [-0.3, -0.25) is 9.69 Å². The molecule has 1 aliphatic rings. The first-order chi connectivity index (χ1) is 9.06.